The van der Waals surface area contributed by atoms with Crippen molar-refractivity contribution in [1.82, 2.24) is 10.3 Å². The normalized spacial score (nSPS) is 16.3. The number of para-hydroxylation sites is 1. The van der Waals surface area contributed by atoms with Gasteiger partial charge in [-0.15, -0.1) is 11.7 Å². The van der Waals surface area contributed by atoms with Crippen molar-refractivity contribution in [2.75, 3.05) is 12.9 Å². The number of fused-ring (bicyclic) bond motifs is 2. The van der Waals surface area contributed by atoms with E-state index in [2.05, 4.69) is 11.9 Å². The van der Waals surface area contributed by atoms with Gasteiger partial charge in [-0.3, -0.25) is 15.1 Å². The van der Waals surface area contributed by atoms with Gasteiger partial charge in [-0.25, -0.2) is 5.01 Å². The van der Waals surface area contributed by atoms with E-state index in [0.29, 0.717) is 34.7 Å². The van der Waals surface area contributed by atoms with Crippen LogP contribution < -0.4 is 25.4 Å². The maximum Gasteiger partial charge on any atom is 0.276 e. The van der Waals surface area contributed by atoms with Crippen LogP contribution in [-0.4, -0.2) is 28.9 Å². The van der Waals surface area contributed by atoms with E-state index in [9.17, 15) is 4.79 Å². The van der Waals surface area contributed by atoms with E-state index in [4.69, 9.17) is 19.6 Å². The third kappa shape index (κ3) is 4.65. The highest BCUT2D eigenvalue weighted by atomic mass is 32.2. The van der Waals surface area contributed by atoms with Crippen LogP contribution in [0, 0.1) is 0 Å². The van der Waals surface area contributed by atoms with Gasteiger partial charge in [0.05, 0.1) is 12.5 Å². The molecular weight excluding hydrogens is 460 g/mol. The van der Waals surface area contributed by atoms with Crippen molar-refractivity contribution in [3.8, 4) is 11.5 Å². The molecule has 1 unspecified atom stereocenters. The molecule has 0 bridgehead atoms. The summed E-state index contributed by atoms with van der Waals surface area (Å²) in [6.07, 6.45) is 1.23. The molecule has 2 heterocycles. The molecule has 0 fully saturated rings. The lowest BCUT2D eigenvalue weighted by atomic mass is 10.1. The topological polar surface area (TPSA) is 75.5 Å². The number of carbonyl (C=O) groups is 1. The maximum atomic E-state index is 13.1. The number of nitrogens with zero attached hydrogens (tertiary/aromatic N) is 3. The highest BCUT2D eigenvalue weighted by molar-refractivity contribution is 8.14. The molecule has 2 aliphatic heterocycles. The van der Waals surface area contributed by atoms with Gasteiger partial charge in [0.15, 0.2) is 22.8 Å². The van der Waals surface area contributed by atoms with Gasteiger partial charge in [-0.1, -0.05) is 72.4 Å². The Morgan fingerprint density at radius 1 is 1.09 bits per heavy atom. The van der Waals surface area contributed by atoms with Gasteiger partial charge in [-0.05, 0) is 23.8 Å². The minimum atomic E-state index is -0.539. The molecule has 0 spiro atoms. The zero-order chi connectivity index (χ0) is 24.2. The summed E-state index contributed by atoms with van der Waals surface area (Å²) < 4.78 is 11.7. The molecule has 35 heavy (non-hydrogen) atoms. The zero-order valence-corrected chi connectivity index (χ0v) is 20.0. The Kier molecular flexibility index (Phi) is 6.54. The van der Waals surface area contributed by atoms with Crippen molar-refractivity contribution in [3.63, 3.8) is 0 Å². The summed E-state index contributed by atoms with van der Waals surface area (Å²) in [5, 5.41) is 11.3. The molecule has 0 saturated heterocycles. The number of ether oxygens (including phenoxy) is 2. The standard InChI is InChI=1S/C27H24N4O3S/c1-3-15-35-27-29-26(32)24-20-11-7-8-12-21(20)28-25(31(24)30-27)19-13-14-22(23(16-19)33-2)34-17-18-9-5-4-6-10-18/h3-14,16,25H,1,15,17H2,2H3,(H,29,30,32). The van der Waals surface area contributed by atoms with E-state index < -0.39 is 6.17 Å². The Labute approximate surface area is 207 Å². The lowest BCUT2D eigenvalue weighted by Gasteiger charge is -2.34. The molecule has 0 saturated carbocycles. The Balaban J connectivity index is 1.53. The minimum Gasteiger partial charge on any atom is -0.493 e. The van der Waals surface area contributed by atoms with Crippen LogP contribution >= 0.6 is 11.8 Å². The molecule has 0 aliphatic carbocycles. The van der Waals surface area contributed by atoms with Crippen LogP contribution in [0.15, 0.2) is 95.5 Å². The number of rotatable bonds is 7. The van der Waals surface area contributed by atoms with E-state index in [1.165, 1.54) is 11.8 Å². The predicted octanol–water partition coefficient (Wildman–Crippen LogP) is 3.34. The lowest BCUT2D eigenvalue weighted by Crippen LogP contribution is -2.50. The first-order chi connectivity index (χ1) is 17.2. The predicted molar refractivity (Wildman–Crippen MR) is 137 cm³/mol. The van der Waals surface area contributed by atoms with E-state index in [-0.39, 0.29) is 5.91 Å². The van der Waals surface area contributed by atoms with Crippen LogP contribution in [-0.2, 0) is 11.4 Å². The van der Waals surface area contributed by atoms with Gasteiger partial charge in [-0.2, -0.15) is 0 Å². The summed E-state index contributed by atoms with van der Waals surface area (Å²) in [7, 11) is 1.61. The number of thioether (sulfide) groups is 1. The van der Waals surface area contributed by atoms with Crippen molar-refractivity contribution >= 4 is 28.5 Å². The van der Waals surface area contributed by atoms with Gasteiger partial charge >= 0.3 is 0 Å². The van der Waals surface area contributed by atoms with Crippen molar-refractivity contribution in [2.45, 2.75) is 12.8 Å². The summed E-state index contributed by atoms with van der Waals surface area (Å²) in [6.45, 7) is 4.17. The number of amidine groups is 1. The molecule has 3 aromatic rings. The van der Waals surface area contributed by atoms with Crippen LogP contribution in [0.25, 0.3) is 5.70 Å². The molecule has 3 aromatic carbocycles. The summed E-state index contributed by atoms with van der Waals surface area (Å²) >= 11 is 1.41. The lowest BCUT2D eigenvalue weighted by molar-refractivity contribution is -0.116. The fourth-order valence-corrected chi connectivity index (χ4v) is 4.53. The molecular formula is C27H24N4O3S. The number of amides is 1. The van der Waals surface area contributed by atoms with Gasteiger partial charge in [0.25, 0.3) is 5.91 Å². The van der Waals surface area contributed by atoms with Gasteiger partial charge in [0, 0.05) is 16.5 Å². The molecule has 176 valence electrons. The Morgan fingerprint density at radius 3 is 2.69 bits per heavy atom. The summed E-state index contributed by atoms with van der Waals surface area (Å²) in [6, 6.07) is 23.2. The third-order valence-corrected chi connectivity index (χ3v) is 6.44. The minimum absolute atomic E-state index is 0.214. The summed E-state index contributed by atoms with van der Waals surface area (Å²) in [5.41, 5.74) is 2.36. The monoisotopic (exact) mass is 484 g/mol. The number of carbonyl (C=O) groups excluding carboxylic acids is 1. The highest BCUT2D eigenvalue weighted by Crippen LogP contribution is 2.36. The van der Waals surface area contributed by atoms with Gasteiger partial charge < -0.3 is 9.47 Å². The highest BCUT2D eigenvalue weighted by Gasteiger charge is 2.34. The largest absolute Gasteiger partial charge is 0.493 e. The second-order valence-electron chi connectivity index (χ2n) is 7.86. The fraction of sp³-hybridized carbons (Fsp3) is 0.148. The summed E-state index contributed by atoms with van der Waals surface area (Å²) in [5.74, 6) is 1.62. The molecule has 1 amide bonds. The first kappa shape index (κ1) is 22.7. The average molecular weight is 485 g/mol. The molecule has 1 atom stereocenters. The van der Waals surface area contributed by atoms with E-state index in [1.54, 1.807) is 18.2 Å². The SMILES string of the molecule is C=CCSC1=NN2C(=c3ccccc3=NC2c2ccc(OCc3ccccc3)c(OC)c2)C(=O)N1. The molecule has 2 aliphatic rings. The fourth-order valence-electron chi connectivity index (χ4n) is 3.95. The number of hydrogen-bond donors (Lipinski definition) is 1. The Hall–Kier alpha value is -4.04. The van der Waals surface area contributed by atoms with Crippen molar-refractivity contribution in [2.24, 2.45) is 10.1 Å². The van der Waals surface area contributed by atoms with Crippen LogP contribution in [0.4, 0.5) is 0 Å². The van der Waals surface area contributed by atoms with Crippen LogP contribution in [0.5, 0.6) is 11.5 Å². The molecule has 5 rings (SSSR count). The number of nitrogens with one attached hydrogen (secondary N) is 1. The average Bonchev–Trinajstić information content (AvgIpc) is 2.90. The second kappa shape index (κ2) is 10.1. The Bertz CT molecular complexity index is 1420. The molecule has 0 aromatic heterocycles. The van der Waals surface area contributed by atoms with E-state index in [1.807, 2.05) is 72.8 Å². The van der Waals surface area contributed by atoms with Crippen LogP contribution in [0.3, 0.4) is 0 Å². The first-order valence-corrected chi connectivity index (χ1v) is 12.1. The Morgan fingerprint density at radius 2 is 1.89 bits per heavy atom. The molecule has 7 nitrogen and oxygen atoms in total. The molecule has 8 heteroatoms. The number of hydrogen-bond acceptors (Lipinski definition) is 7. The van der Waals surface area contributed by atoms with Crippen molar-refractivity contribution in [3.05, 3.63) is 107 Å². The third-order valence-electron chi connectivity index (χ3n) is 5.58. The molecule has 1 N–H and O–H groups in total. The van der Waals surface area contributed by atoms with E-state index >= 15 is 0 Å². The number of hydrazone groups is 1. The molecule has 0 radical (unpaired) electrons. The van der Waals surface area contributed by atoms with Crippen molar-refractivity contribution < 1.29 is 14.3 Å². The quantitative estimate of drug-likeness (QED) is 0.521. The number of benzene rings is 3. The second-order valence-corrected chi connectivity index (χ2v) is 8.87. The summed E-state index contributed by atoms with van der Waals surface area (Å²) in [4.78, 5) is 18.1. The maximum absolute atomic E-state index is 13.1. The van der Waals surface area contributed by atoms with Gasteiger partial charge in [0.1, 0.15) is 12.3 Å². The van der Waals surface area contributed by atoms with Crippen LogP contribution in [0.2, 0.25) is 0 Å². The van der Waals surface area contributed by atoms with Crippen LogP contribution in [0.1, 0.15) is 17.3 Å². The smallest absolute Gasteiger partial charge is 0.276 e. The zero-order valence-electron chi connectivity index (χ0n) is 19.2. The first-order valence-electron chi connectivity index (χ1n) is 11.1. The van der Waals surface area contributed by atoms with Crippen molar-refractivity contribution in [1.29, 1.82) is 0 Å². The number of methoxy groups -OCH3 is 1. The van der Waals surface area contributed by atoms with E-state index in [0.717, 1.165) is 21.7 Å². The van der Waals surface area contributed by atoms with Gasteiger partial charge in [0.2, 0.25) is 0 Å².